The van der Waals surface area contributed by atoms with Crippen molar-refractivity contribution in [1.82, 2.24) is 5.32 Å². The van der Waals surface area contributed by atoms with Crippen LogP contribution in [0.5, 0.6) is 0 Å². The van der Waals surface area contributed by atoms with Gasteiger partial charge in [-0.3, -0.25) is 9.59 Å². The molecule has 0 aliphatic heterocycles. The van der Waals surface area contributed by atoms with E-state index in [4.69, 9.17) is 5.11 Å². The molecule has 0 aromatic heterocycles. The van der Waals surface area contributed by atoms with Gasteiger partial charge in [-0.15, -0.1) is 0 Å². The second kappa shape index (κ2) is 9.65. The van der Waals surface area contributed by atoms with E-state index in [-0.39, 0.29) is 24.8 Å². The van der Waals surface area contributed by atoms with Gasteiger partial charge in [0.1, 0.15) is 0 Å². The lowest BCUT2D eigenvalue weighted by Gasteiger charge is -2.18. The Kier molecular flexibility index (Phi) is 7.26. The van der Waals surface area contributed by atoms with E-state index in [2.05, 4.69) is 5.32 Å². The molecule has 0 radical (unpaired) electrons. The Labute approximate surface area is 150 Å². The molecule has 2 aromatic carbocycles. The summed E-state index contributed by atoms with van der Waals surface area (Å²) in [5.74, 6) is -2.91. The lowest BCUT2D eigenvalue weighted by atomic mass is 10.0. The topological polar surface area (TPSA) is 66.4 Å². The number of aliphatic carboxylic acids is 1. The van der Waals surface area contributed by atoms with Crippen molar-refractivity contribution in [3.8, 4) is 0 Å². The average Bonchev–Trinajstić information content (AvgIpc) is 2.62. The van der Waals surface area contributed by atoms with E-state index in [0.29, 0.717) is 24.8 Å². The molecule has 1 atom stereocenters. The highest BCUT2D eigenvalue weighted by molar-refractivity contribution is 5.76. The molecule has 1 unspecified atom stereocenters. The molecule has 1 amide bonds. The molecule has 138 valence electrons. The Balaban J connectivity index is 1.87. The molecule has 4 nitrogen and oxygen atoms in total. The van der Waals surface area contributed by atoms with Gasteiger partial charge in [-0.05, 0) is 42.5 Å². The maximum Gasteiger partial charge on any atom is 0.303 e. The molecule has 2 aromatic rings. The van der Waals surface area contributed by atoms with Crippen molar-refractivity contribution in [2.45, 2.75) is 38.1 Å². The van der Waals surface area contributed by atoms with Crippen LogP contribution in [0.1, 0.15) is 42.9 Å². The van der Waals surface area contributed by atoms with Crippen LogP contribution < -0.4 is 5.32 Å². The Morgan fingerprint density at radius 1 is 1.00 bits per heavy atom. The zero-order valence-electron chi connectivity index (χ0n) is 14.3. The molecule has 0 saturated carbocycles. The first-order valence-electron chi connectivity index (χ1n) is 8.45. The molecule has 0 fully saturated rings. The number of carbonyl (C=O) groups is 2. The van der Waals surface area contributed by atoms with Crippen LogP contribution in [0.2, 0.25) is 0 Å². The van der Waals surface area contributed by atoms with E-state index in [1.807, 2.05) is 30.3 Å². The highest BCUT2D eigenvalue weighted by Gasteiger charge is 2.16. The van der Waals surface area contributed by atoms with Crippen molar-refractivity contribution in [2.75, 3.05) is 0 Å². The highest BCUT2D eigenvalue weighted by Crippen LogP contribution is 2.19. The predicted molar refractivity (Wildman–Crippen MR) is 93.5 cm³/mol. The minimum absolute atomic E-state index is 0.0469. The fourth-order valence-corrected chi connectivity index (χ4v) is 2.69. The van der Waals surface area contributed by atoms with Crippen molar-refractivity contribution < 1.29 is 23.5 Å². The summed E-state index contributed by atoms with van der Waals surface area (Å²) in [7, 11) is 0. The fourth-order valence-electron chi connectivity index (χ4n) is 2.69. The van der Waals surface area contributed by atoms with Crippen molar-refractivity contribution >= 4 is 11.9 Å². The molecule has 0 aliphatic rings. The average molecular weight is 361 g/mol. The van der Waals surface area contributed by atoms with Crippen LogP contribution in [0.25, 0.3) is 0 Å². The van der Waals surface area contributed by atoms with E-state index in [9.17, 15) is 18.4 Å². The molecular formula is C20H21F2NO3. The van der Waals surface area contributed by atoms with Crippen molar-refractivity contribution in [2.24, 2.45) is 0 Å². The van der Waals surface area contributed by atoms with Crippen LogP contribution in [-0.4, -0.2) is 17.0 Å². The first kappa shape index (κ1) is 19.6. The molecule has 26 heavy (non-hydrogen) atoms. The summed E-state index contributed by atoms with van der Waals surface area (Å²) in [6, 6.07) is 12.5. The summed E-state index contributed by atoms with van der Waals surface area (Å²) in [6.07, 6.45) is 1.41. The summed E-state index contributed by atoms with van der Waals surface area (Å²) in [4.78, 5) is 23.0. The number of aryl methyl sites for hydroxylation is 1. The van der Waals surface area contributed by atoms with Gasteiger partial charge in [-0.25, -0.2) is 8.78 Å². The number of carbonyl (C=O) groups excluding carboxylic acids is 1. The van der Waals surface area contributed by atoms with E-state index in [1.54, 1.807) is 0 Å². The molecule has 6 heteroatoms. The van der Waals surface area contributed by atoms with Crippen LogP contribution >= 0.6 is 0 Å². The van der Waals surface area contributed by atoms with Crippen LogP contribution in [0.3, 0.4) is 0 Å². The minimum atomic E-state index is -0.918. The summed E-state index contributed by atoms with van der Waals surface area (Å²) in [5.41, 5.74) is 1.48. The fraction of sp³-hybridized carbons (Fsp3) is 0.300. The second-order valence-corrected chi connectivity index (χ2v) is 6.07. The van der Waals surface area contributed by atoms with E-state index in [1.165, 1.54) is 6.07 Å². The van der Waals surface area contributed by atoms with Crippen molar-refractivity contribution in [3.05, 3.63) is 71.3 Å². The van der Waals surface area contributed by atoms with E-state index >= 15 is 0 Å². The lowest BCUT2D eigenvalue weighted by molar-refractivity contribution is -0.137. The normalized spacial score (nSPS) is 11.8. The zero-order chi connectivity index (χ0) is 18.9. The monoisotopic (exact) mass is 361 g/mol. The first-order valence-corrected chi connectivity index (χ1v) is 8.45. The summed E-state index contributed by atoms with van der Waals surface area (Å²) in [5, 5.41) is 11.7. The Morgan fingerprint density at radius 3 is 2.38 bits per heavy atom. The first-order chi connectivity index (χ1) is 12.5. The third-order valence-corrected chi connectivity index (χ3v) is 4.04. The van der Waals surface area contributed by atoms with Gasteiger partial charge in [-0.1, -0.05) is 36.4 Å². The van der Waals surface area contributed by atoms with Gasteiger partial charge in [0.25, 0.3) is 0 Å². The molecule has 0 saturated heterocycles. The summed E-state index contributed by atoms with van der Waals surface area (Å²) >= 11 is 0. The minimum Gasteiger partial charge on any atom is -0.481 e. The second-order valence-electron chi connectivity index (χ2n) is 6.07. The molecule has 0 bridgehead atoms. The highest BCUT2D eigenvalue weighted by atomic mass is 19.2. The number of hydrogen-bond acceptors (Lipinski definition) is 2. The number of rotatable bonds is 9. The van der Waals surface area contributed by atoms with E-state index < -0.39 is 17.6 Å². The van der Waals surface area contributed by atoms with Crippen molar-refractivity contribution in [1.29, 1.82) is 0 Å². The maximum absolute atomic E-state index is 13.2. The number of nitrogens with one attached hydrogen (secondary N) is 1. The van der Waals surface area contributed by atoms with Gasteiger partial charge in [0.15, 0.2) is 11.6 Å². The largest absolute Gasteiger partial charge is 0.481 e. The third kappa shape index (κ3) is 6.27. The van der Waals surface area contributed by atoms with Crippen LogP contribution in [0.15, 0.2) is 48.5 Å². The van der Waals surface area contributed by atoms with Crippen LogP contribution in [-0.2, 0) is 16.0 Å². The number of hydrogen-bond donors (Lipinski definition) is 2. The van der Waals surface area contributed by atoms with Gasteiger partial charge >= 0.3 is 5.97 Å². The van der Waals surface area contributed by atoms with Gasteiger partial charge in [0.05, 0.1) is 6.04 Å². The van der Waals surface area contributed by atoms with E-state index in [0.717, 1.165) is 17.7 Å². The lowest BCUT2D eigenvalue weighted by Crippen LogP contribution is -2.28. The maximum atomic E-state index is 13.2. The number of halogens is 2. The van der Waals surface area contributed by atoms with Gasteiger partial charge in [-0.2, -0.15) is 0 Å². The molecule has 2 N–H and O–H groups in total. The number of carboxylic acids is 1. The quantitative estimate of drug-likeness (QED) is 0.709. The van der Waals surface area contributed by atoms with Gasteiger partial charge in [0.2, 0.25) is 5.91 Å². The standard InChI is InChI=1S/C20H21F2NO3/c21-16-10-9-14(13-17(16)22)5-4-8-19(24)23-18(11-12-20(25)26)15-6-2-1-3-7-15/h1-3,6-7,9-10,13,18H,4-5,8,11-12H2,(H,23,24)(H,25,26). The summed E-state index contributed by atoms with van der Waals surface area (Å²) < 4.78 is 26.1. The van der Waals surface area contributed by atoms with Crippen molar-refractivity contribution in [3.63, 3.8) is 0 Å². The smallest absolute Gasteiger partial charge is 0.303 e. The molecule has 2 rings (SSSR count). The molecule has 0 aliphatic carbocycles. The number of carboxylic acid groups (broad SMARTS) is 1. The Bertz CT molecular complexity index is 750. The molecule has 0 spiro atoms. The summed E-state index contributed by atoms with van der Waals surface area (Å²) in [6.45, 7) is 0. The number of benzene rings is 2. The third-order valence-electron chi connectivity index (χ3n) is 4.04. The molecular weight excluding hydrogens is 340 g/mol. The van der Waals surface area contributed by atoms with Gasteiger partial charge < -0.3 is 10.4 Å². The number of amides is 1. The van der Waals surface area contributed by atoms with Crippen LogP contribution in [0.4, 0.5) is 8.78 Å². The van der Waals surface area contributed by atoms with Gasteiger partial charge in [0, 0.05) is 12.8 Å². The predicted octanol–water partition coefficient (Wildman–Crippen LogP) is 4.01. The Morgan fingerprint density at radius 2 is 1.73 bits per heavy atom. The molecule has 0 heterocycles. The SMILES string of the molecule is O=C(O)CCC(NC(=O)CCCc1ccc(F)c(F)c1)c1ccccc1. The van der Waals surface area contributed by atoms with Crippen LogP contribution in [0, 0.1) is 11.6 Å². The zero-order valence-corrected chi connectivity index (χ0v) is 14.3. The Hall–Kier alpha value is -2.76.